The van der Waals surface area contributed by atoms with Crippen LogP contribution < -0.4 is 5.32 Å². The van der Waals surface area contributed by atoms with Crippen molar-refractivity contribution >= 4 is 9.84 Å². The van der Waals surface area contributed by atoms with Gasteiger partial charge in [-0.2, -0.15) is 5.26 Å². The quantitative estimate of drug-likeness (QED) is 0.820. The molecule has 1 aromatic carbocycles. The molecule has 0 spiro atoms. The first-order valence-electron chi connectivity index (χ1n) is 7.55. The standard InChI is InChI=1S/C16H22N2O2S/c17-12-14-6-8-16(9-7-14)21(19,20)11-10-18-13-15-4-2-1-3-5-15/h6-9,15,18H,1-5,10-11,13H2. The second-order valence-electron chi connectivity index (χ2n) is 5.66. The third kappa shape index (κ3) is 4.83. The van der Waals surface area contributed by atoms with Gasteiger partial charge in [0.2, 0.25) is 0 Å². The van der Waals surface area contributed by atoms with Crippen molar-refractivity contribution in [2.24, 2.45) is 5.92 Å². The highest BCUT2D eigenvalue weighted by Gasteiger charge is 2.15. The molecule has 0 bridgehead atoms. The van der Waals surface area contributed by atoms with E-state index in [2.05, 4.69) is 5.32 Å². The van der Waals surface area contributed by atoms with E-state index in [4.69, 9.17) is 5.26 Å². The van der Waals surface area contributed by atoms with E-state index in [-0.39, 0.29) is 5.75 Å². The van der Waals surface area contributed by atoms with Crippen LogP contribution in [0.5, 0.6) is 0 Å². The molecule has 0 unspecified atom stereocenters. The van der Waals surface area contributed by atoms with E-state index in [1.807, 2.05) is 6.07 Å². The second kappa shape index (κ2) is 7.58. The Morgan fingerprint density at radius 1 is 1.14 bits per heavy atom. The second-order valence-corrected chi connectivity index (χ2v) is 7.77. The summed E-state index contributed by atoms with van der Waals surface area (Å²) >= 11 is 0. The summed E-state index contributed by atoms with van der Waals surface area (Å²) in [5.41, 5.74) is 0.476. The average Bonchev–Trinajstić information content (AvgIpc) is 2.53. The Hall–Kier alpha value is -1.38. The molecule has 21 heavy (non-hydrogen) atoms. The van der Waals surface area contributed by atoms with Crippen LogP contribution in [0.2, 0.25) is 0 Å². The lowest BCUT2D eigenvalue weighted by molar-refractivity contribution is 0.345. The lowest BCUT2D eigenvalue weighted by Crippen LogP contribution is -2.29. The predicted molar refractivity (Wildman–Crippen MR) is 82.7 cm³/mol. The van der Waals surface area contributed by atoms with Crippen molar-refractivity contribution in [1.29, 1.82) is 5.26 Å². The molecule has 0 atom stereocenters. The SMILES string of the molecule is N#Cc1ccc(S(=O)(=O)CCNCC2CCCCC2)cc1. The topological polar surface area (TPSA) is 70.0 Å². The zero-order valence-corrected chi connectivity index (χ0v) is 13.0. The zero-order valence-electron chi connectivity index (χ0n) is 12.2. The number of nitrogens with zero attached hydrogens (tertiary/aromatic N) is 1. The molecule has 2 rings (SSSR count). The van der Waals surface area contributed by atoms with Crippen LogP contribution in [0.3, 0.4) is 0 Å². The number of sulfone groups is 1. The summed E-state index contributed by atoms with van der Waals surface area (Å²) in [7, 11) is -3.26. The van der Waals surface area contributed by atoms with Gasteiger partial charge in [0.15, 0.2) is 9.84 Å². The van der Waals surface area contributed by atoms with Crippen LogP contribution in [0.15, 0.2) is 29.2 Å². The maximum absolute atomic E-state index is 12.2. The van der Waals surface area contributed by atoms with Crippen molar-refractivity contribution in [1.82, 2.24) is 5.32 Å². The van der Waals surface area contributed by atoms with Crippen molar-refractivity contribution in [3.63, 3.8) is 0 Å². The van der Waals surface area contributed by atoms with Gasteiger partial charge in [-0.15, -0.1) is 0 Å². The molecule has 0 radical (unpaired) electrons. The summed E-state index contributed by atoms with van der Waals surface area (Å²) in [6, 6.07) is 8.09. The van der Waals surface area contributed by atoms with E-state index < -0.39 is 9.84 Å². The monoisotopic (exact) mass is 306 g/mol. The van der Waals surface area contributed by atoms with Crippen LogP contribution in [-0.2, 0) is 9.84 Å². The lowest BCUT2D eigenvalue weighted by Gasteiger charge is -2.21. The van der Waals surface area contributed by atoms with Gasteiger partial charge in [0.25, 0.3) is 0 Å². The van der Waals surface area contributed by atoms with Gasteiger partial charge in [-0.25, -0.2) is 8.42 Å². The van der Waals surface area contributed by atoms with E-state index in [0.717, 1.165) is 6.54 Å². The van der Waals surface area contributed by atoms with Gasteiger partial charge < -0.3 is 5.32 Å². The Labute approximate surface area is 127 Å². The molecule has 114 valence electrons. The minimum absolute atomic E-state index is 0.103. The smallest absolute Gasteiger partial charge is 0.179 e. The fraction of sp³-hybridized carbons (Fsp3) is 0.562. The molecular weight excluding hydrogens is 284 g/mol. The number of nitriles is 1. The predicted octanol–water partition coefficient (Wildman–Crippen LogP) is 2.50. The fourth-order valence-corrected chi connectivity index (χ4v) is 3.96. The summed E-state index contributed by atoms with van der Waals surface area (Å²) in [6.07, 6.45) is 6.46. The van der Waals surface area contributed by atoms with Crippen molar-refractivity contribution in [3.05, 3.63) is 29.8 Å². The Morgan fingerprint density at radius 3 is 2.43 bits per heavy atom. The van der Waals surface area contributed by atoms with Gasteiger partial charge in [0, 0.05) is 6.54 Å². The van der Waals surface area contributed by atoms with E-state index in [9.17, 15) is 8.42 Å². The highest BCUT2D eigenvalue weighted by molar-refractivity contribution is 7.91. The van der Waals surface area contributed by atoms with Gasteiger partial charge in [-0.1, -0.05) is 19.3 Å². The summed E-state index contributed by atoms with van der Waals surface area (Å²) in [4.78, 5) is 0.293. The van der Waals surface area contributed by atoms with E-state index >= 15 is 0 Å². The van der Waals surface area contributed by atoms with Crippen LogP contribution in [0.4, 0.5) is 0 Å². The maximum atomic E-state index is 12.2. The summed E-state index contributed by atoms with van der Waals surface area (Å²) in [6.45, 7) is 1.40. The number of nitrogens with one attached hydrogen (secondary N) is 1. The highest BCUT2D eigenvalue weighted by Crippen LogP contribution is 2.22. The number of benzene rings is 1. The lowest BCUT2D eigenvalue weighted by atomic mass is 9.89. The molecule has 1 aliphatic carbocycles. The van der Waals surface area contributed by atoms with Gasteiger partial charge in [0.05, 0.1) is 22.3 Å². The average molecular weight is 306 g/mol. The first-order valence-corrected chi connectivity index (χ1v) is 9.21. The molecular formula is C16H22N2O2S. The Kier molecular flexibility index (Phi) is 5.77. The third-order valence-electron chi connectivity index (χ3n) is 4.05. The van der Waals surface area contributed by atoms with E-state index in [0.29, 0.717) is 22.9 Å². The fourth-order valence-electron chi connectivity index (χ4n) is 2.76. The van der Waals surface area contributed by atoms with Crippen molar-refractivity contribution in [3.8, 4) is 6.07 Å². The van der Waals surface area contributed by atoms with Crippen molar-refractivity contribution < 1.29 is 8.42 Å². The van der Waals surface area contributed by atoms with Crippen molar-refractivity contribution in [2.45, 2.75) is 37.0 Å². The zero-order chi connectivity index (χ0) is 15.1. The van der Waals surface area contributed by atoms with Crippen LogP contribution in [0.25, 0.3) is 0 Å². The minimum atomic E-state index is -3.26. The molecule has 4 nitrogen and oxygen atoms in total. The molecule has 1 N–H and O–H groups in total. The molecule has 0 aliphatic heterocycles. The molecule has 1 fully saturated rings. The van der Waals surface area contributed by atoms with Crippen LogP contribution >= 0.6 is 0 Å². The first kappa shape index (κ1) is 16.0. The Bertz CT molecular complexity index is 582. The molecule has 1 aliphatic rings. The summed E-state index contributed by atoms with van der Waals surface area (Å²) < 4.78 is 24.3. The first-order chi connectivity index (χ1) is 10.1. The number of hydrogen-bond acceptors (Lipinski definition) is 4. The van der Waals surface area contributed by atoms with Crippen LogP contribution in [0, 0.1) is 17.2 Å². The molecule has 0 saturated heterocycles. The molecule has 1 saturated carbocycles. The Morgan fingerprint density at radius 2 is 1.81 bits per heavy atom. The maximum Gasteiger partial charge on any atom is 0.179 e. The summed E-state index contributed by atoms with van der Waals surface area (Å²) in [5, 5.41) is 12.0. The normalized spacial score (nSPS) is 16.5. The number of hydrogen-bond donors (Lipinski definition) is 1. The largest absolute Gasteiger partial charge is 0.315 e. The molecule has 5 heteroatoms. The van der Waals surface area contributed by atoms with Crippen LogP contribution in [-0.4, -0.2) is 27.3 Å². The van der Waals surface area contributed by atoms with Crippen LogP contribution in [0.1, 0.15) is 37.7 Å². The highest BCUT2D eigenvalue weighted by atomic mass is 32.2. The molecule has 0 amide bonds. The molecule has 0 heterocycles. The van der Waals surface area contributed by atoms with Gasteiger partial charge in [0.1, 0.15) is 0 Å². The third-order valence-corrected chi connectivity index (χ3v) is 5.78. The van der Waals surface area contributed by atoms with Gasteiger partial charge in [-0.05, 0) is 49.6 Å². The van der Waals surface area contributed by atoms with Crippen molar-refractivity contribution in [2.75, 3.05) is 18.8 Å². The van der Waals surface area contributed by atoms with E-state index in [1.165, 1.54) is 44.2 Å². The molecule has 1 aromatic rings. The Balaban J connectivity index is 1.79. The minimum Gasteiger partial charge on any atom is -0.315 e. The van der Waals surface area contributed by atoms with Gasteiger partial charge in [-0.3, -0.25) is 0 Å². The van der Waals surface area contributed by atoms with E-state index in [1.54, 1.807) is 12.1 Å². The summed E-state index contributed by atoms with van der Waals surface area (Å²) in [5.74, 6) is 0.808. The van der Waals surface area contributed by atoms with Gasteiger partial charge >= 0.3 is 0 Å². The number of rotatable bonds is 6. The molecule has 0 aromatic heterocycles.